The van der Waals surface area contributed by atoms with E-state index in [1.807, 2.05) is 5.38 Å². The van der Waals surface area contributed by atoms with Crippen molar-refractivity contribution in [3.8, 4) is 0 Å². The van der Waals surface area contributed by atoms with Gasteiger partial charge >= 0.3 is 5.97 Å². The van der Waals surface area contributed by atoms with Crippen LogP contribution in [-0.4, -0.2) is 22.1 Å². The van der Waals surface area contributed by atoms with Gasteiger partial charge in [-0.15, -0.1) is 11.3 Å². The van der Waals surface area contributed by atoms with E-state index in [2.05, 4.69) is 10.3 Å². The van der Waals surface area contributed by atoms with Crippen LogP contribution in [0.3, 0.4) is 0 Å². The lowest BCUT2D eigenvalue weighted by atomic mass is 10.1. The van der Waals surface area contributed by atoms with Crippen LogP contribution in [0.25, 0.3) is 0 Å². The van der Waals surface area contributed by atoms with E-state index < -0.39 is 11.9 Å². The fraction of sp³-hybridized carbons (Fsp3) is 0.556. The second-order valence-corrected chi connectivity index (χ2v) is 4.41. The monoisotopic (exact) mass is 212 g/mol. The summed E-state index contributed by atoms with van der Waals surface area (Å²) < 4.78 is 0. The molecule has 1 aliphatic carbocycles. The molecule has 14 heavy (non-hydrogen) atoms. The Morgan fingerprint density at radius 1 is 1.79 bits per heavy atom. The van der Waals surface area contributed by atoms with Crippen LogP contribution in [0.1, 0.15) is 31.4 Å². The van der Waals surface area contributed by atoms with E-state index in [0.29, 0.717) is 11.7 Å². The van der Waals surface area contributed by atoms with Gasteiger partial charge in [-0.1, -0.05) is 0 Å². The van der Waals surface area contributed by atoms with Crippen molar-refractivity contribution >= 4 is 22.4 Å². The number of carboxylic acid groups (broad SMARTS) is 1. The third kappa shape index (κ3) is 2.04. The smallest absolute Gasteiger partial charge is 0.312 e. The molecule has 1 aliphatic rings. The van der Waals surface area contributed by atoms with Gasteiger partial charge in [-0.25, -0.2) is 4.98 Å². The normalized spacial score (nSPS) is 17.8. The molecule has 1 aromatic rings. The first kappa shape index (κ1) is 9.45. The molecule has 2 N–H and O–H groups in total. The van der Waals surface area contributed by atoms with Gasteiger partial charge in [0.15, 0.2) is 5.13 Å². The SMILES string of the molecule is CC(C(=O)O)c1csc(NC2CC2)n1. The molecule has 1 atom stereocenters. The van der Waals surface area contributed by atoms with E-state index in [9.17, 15) is 4.79 Å². The Balaban J connectivity index is 2.04. The molecule has 1 unspecified atom stereocenters. The molecule has 4 nitrogen and oxygen atoms in total. The topological polar surface area (TPSA) is 62.2 Å². The molecule has 0 aliphatic heterocycles. The van der Waals surface area contributed by atoms with Gasteiger partial charge in [0.25, 0.3) is 0 Å². The molecule has 2 rings (SSSR count). The number of nitrogens with one attached hydrogen (secondary N) is 1. The van der Waals surface area contributed by atoms with Crippen LogP contribution in [0, 0.1) is 0 Å². The van der Waals surface area contributed by atoms with Crippen LogP contribution in [0.5, 0.6) is 0 Å². The Morgan fingerprint density at radius 2 is 2.50 bits per heavy atom. The number of aliphatic carboxylic acids is 1. The summed E-state index contributed by atoms with van der Waals surface area (Å²) in [5.41, 5.74) is 0.644. The van der Waals surface area contributed by atoms with Crippen molar-refractivity contribution in [3.05, 3.63) is 11.1 Å². The maximum Gasteiger partial charge on any atom is 0.312 e. The molecule has 1 aromatic heterocycles. The number of hydrogen-bond donors (Lipinski definition) is 2. The van der Waals surface area contributed by atoms with Crippen molar-refractivity contribution in [1.29, 1.82) is 0 Å². The minimum atomic E-state index is -0.826. The summed E-state index contributed by atoms with van der Waals surface area (Å²) >= 11 is 1.48. The fourth-order valence-corrected chi connectivity index (χ4v) is 1.96. The highest BCUT2D eigenvalue weighted by atomic mass is 32.1. The highest BCUT2D eigenvalue weighted by molar-refractivity contribution is 7.13. The van der Waals surface area contributed by atoms with Crippen LogP contribution >= 0.6 is 11.3 Å². The number of thiazole rings is 1. The van der Waals surface area contributed by atoms with Crippen molar-refractivity contribution in [2.24, 2.45) is 0 Å². The minimum absolute atomic E-state index is 0.513. The van der Waals surface area contributed by atoms with Crippen molar-refractivity contribution in [2.75, 3.05) is 5.32 Å². The third-order valence-electron chi connectivity index (χ3n) is 2.24. The van der Waals surface area contributed by atoms with Crippen LogP contribution in [0.4, 0.5) is 5.13 Å². The zero-order valence-corrected chi connectivity index (χ0v) is 8.67. The van der Waals surface area contributed by atoms with Crippen molar-refractivity contribution in [2.45, 2.75) is 31.7 Å². The van der Waals surface area contributed by atoms with Crippen LogP contribution in [0.2, 0.25) is 0 Å². The number of nitrogens with zero attached hydrogens (tertiary/aromatic N) is 1. The van der Waals surface area contributed by atoms with E-state index >= 15 is 0 Å². The zero-order chi connectivity index (χ0) is 10.1. The van der Waals surface area contributed by atoms with Crippen LogP contribution < -0.4 is 5.32 Å². The second kappa shape index (κ2) is 3.57. The number of hydrogen-bond acceptors (Lipinski definition) is 4. The number of carboxylic acids is 1. The molecule has 0 aromatic carbocycles. The molecule has 0 spiro atoms. The lowest BCUT2D eigenvalue weighted by molar-refractivity contribution is -0.138. The Labute approximate surface area is 86.0 Å². The van der Waals surface area contributed by atoms with Gasteiger partial charge in [0, 0.05) is 11.4 Å². The van der Waals surface area contributed by atoms with E-state index in [1.165, 1.54) is 24.2 Å². The minimum Gasteiger partial charge on any atom is -0.481 e. The maximum absolute atomic E-state index is 10.7. The summed E-state index contributed by atoms with van der Waals surface area (Å²) in [6.45, 7) is 1.65. The molecule has 0 bridgehead atoms. The summed E-state index contributed by atoms with van der Waals surface area (Å²) in [5.74, 6) is -1.34. The first-order chi connectivity index (χ1) is 6.66. The number of anilines is 1. The van der Waals surface area contributed by atoms with E-state index in [0.717, 1.165) is 5.13 Å². The molecule has 0 amide bonds. The first-order valence-electron chi connectivity index (χ1n) is 4.61. The van der Waals surface area contributed by atoms with Gasteiger partial charge in [-0.2, -0.15) is 0 Å². The molecule has 1 heterocycles. The molecular weight excluding hydrogens is 200 g/mol. The average molecular weight is 212 g/mol. The molecule has 1 saturated carbocycles. The Kier molecular flexibility index (Phi) is 2.41. The Bertz CT molecular complexity index is 346. The molecule has 1 fully saturated rings. The molecular formula is C9H12N2O2S. The summed E-state index contributed by atoms with van der Waals surface area (Å²) in [7, 11) is 0. The van der Waals surface area contributed by atoms with E-state index in [1.54, 1.807) is 6.92 Å². The summed E-state index contributed by atoms with van der Waals surface area (Å²) in [4.78, 5) is 14.9. The van der Waals surface area contributed by atoms with Crippen LogP contribution in [0.15, 0.2) is 5.38 Å². The molecule has 0 radical (unpaired) electrons. The maximum atomic E-state index is 10.7. The van der Waals surface area contributed by atoms with Crippen molar-refractivity contribution in [3.63, 3.8) is 0 Å². The summed E-state index contributed by atoms with van der Waals surface area (Å²) in [6, 6.07) is 0.564. The molecule has 5 heteroatoms. The Morgan fingerprint density at radius 3 is 3.07 bits per heavy atom. The molecule has 0 saturated heterocycles. The predicted octanol–water partition coefficient (Wildman–Crippen LogP) is 1.91. The van der Waals surface area contributed by atoms with Gasteiger partial charge in [-0.05, 0) is 19.8 Å². The second-order valence-electron chi connectivity index (χ2n) is 3.56. The van der Waals surface area contributed by atoms with Gasteiger partial charge < -0.3 is 10.4 Å². The van der Waals surface area contributed by atoms with Crippen LogP contribution in [-0.2, 0) is 4.79 Å². The van der Waals surface area contributed by atoms with E-state index in [-0.39, 0.29) is 0 Å². The van der Waals surface area contributed by atoms with Gasteiger partial charge in [0.05, 0.1) is 11.6 Å². The zero-order valence-electron chi connectivity index (χ0n) is 7.86. The summed E-state index contributed by atoms with van der Waals surface area (Å²) in [5, 5.41) is 14.7. The predicted molar refractivity (Wildman–Crippen MR) is 54.8 cm³/mol. The lowest BCUT2D eigenvalue weighted by Crippen LogP contribution is -2.08. The quantitative estimate of drug-likeness (QED) is 0.800. The highest BCUT2D eigenvalue weighted by Crippen LogP contribution is 2.28. The summed E-state index contributed by atoms with van der Waals surface area (Å²) in [6.07, 6.45) is 2.40. The standard InChI is InChI=1S/C9H12N2O2S/c1-5(8(12)13)7-4-14-9(11-7)10-6-2-3-6/h4-6H,2-3H2,1H3,(H,10,11)(H,12,13). The average Bonchev–Trinajstić information content (AvgIpc) is 2.81. The van der Waals surface area contributed by atoms with E-state index in [4.69, 9.17) is 5.11 Å². The first-order valence-corrected chi connectivity index (χ1v) is 5.49. The van der Waals surface area contributed by atoms with Gasteiger partial charge in [0.2, 0.25) is 0 Å². The number of carbonyl (C=O) groups is 1. The van der Waals surface area contributed by atoms with Gasteiger partial charge in [-0.3, -0.25) is 4.79 Å². The molecule has 76 valence electrons. The van der Waals surface area contributed by atoms with Gasteiger partial charge in [0.1, 0.15) is 0 Å². The van der Waals surface area contributed by atoms with Crippen molar-refractivity contribution < 1.29 is 9.90 Å². The number of rotatable bonds is 4. The third-order valence-corrected chi connectivity index (χ3v) is 3.03. The lowest BCUT2D eigenvalue weighted by Gasteiger charge is -2.00. The largest absolute Gasteiger partial charge is 0.481 e. The highest BCUT2D eigenvalue weighted by Gasteiger charge is 2.23. The number of aromatic nitrogens is 1. The Hall–Kier alpha value is -1.10. The van der Waals surface area contributed by atoms with Crippen molar-refractivity contribution in [1.82, 2.24) is 4.98 Å². The fourth-order valence-electron chi connectivity index (χ4n) is 1.08.